The molecule has 2 N–H and O–H groups in total. The number of fused-ring (bicyclic) bond motifs is 1. The molecule has 4 heteroatoms. The molecular weight excluding hydrogens is 240 g/mol. The smallest absolute Gasteiger partial charge is 0.243 e. The third-order valence-electron chi connectivity index (χ3n) is 4.22. The van der Waals surface area contributed by atoms with Crippen molar-refractivity contribution in [2.45, 2.75) is 25.7 Å². The number of phenolic OH excluding ortho intramolecular Hbond substituents is 1. The first-order chi connectivity index (χ1) is 9.25. The molecule has 1 aromatic rings. The molecule has 0 saturated heterocycles. The van der Waals surface area contributed by atoms with Crippen LogP contribution in [0.25, 0.3) is 0 Å². The maximum Gasteiger partial charge on any atom is 0.243 e. The van der Waals surface area contributed by atoms with Crippen LogP contribution in [0.4, 0.5) is 0 Å². The van der Waals surface area contributed by atoms with Gasteiger partial charge in [0.05, 0.1) is 6.21 Å². The van der Waals surface area contributed by atoms with Crippen molar-refractivity contribution in [3.63, 3.8) is 0 Å². The Morgan fingerprint density at radius 1 is 1.32 bits per heavy atom. The second-order valence-corrected chi connectivity index (χ2v) is 5.47. The van der Waals surface area contributed by atoms with Crippen molar-refractivity contribution < 1.29 is 9.90 Å². The molecule has 0 heterocycles. The van der Waals surface area contributed by atoms with E-state index in [9.17, 15) is 9.90 Å². The fraction of sp³-hybridized carbons (Fsp3) is 0.467. The standard InChI is InChI=1S/C15H18N2O2/c18-11-5-3-4-10(8-11)9-16-17-15(19)14-12-6-1-2-7-13(12)14/h3-5,8-9,12-14,18H,1-2,6-7H2,(H,17,19)/b16-9-/t12-,13-/m0/s1. The summed E-state index contributed by atoms with van der Waals surface area (Å²) in [6.45, 7) is 0. The predicted molar refractivity (Wildman–Crippen MR) is 72.8 cm³/mol. The van der Waals surface area contributed by atoms with Gasteiger partial charge in [0.25, 0.3) is 0 Å². The molecule has 2 fully saturated rings. The Kier molecular flexibility index (Phi) is 3.23. The zero-order valence-electron chi connectivity index (χ0n) is 10.7. The third kappa shape index (κ3) is 2.62. The fourth-order valence-electron chi connectivity index (χ4n) is 3.23. The van der Waals surface area contributed by atoms with Gasteiger partial charge >= 0.3 is 0 Å². The van der Waals surface area contributed by atoms with E-state index < -0.39 is 0 Å². The Bertz CT molecular complexity index is 501. The minimum atomic E-state index is 0.0494. The lowest BCUT2D eigenvalue weighted by Crippen LogP contribution is -2.20. The van der Waals surface area contributed by atoms with Crippen LogP contribution in [0.5, 0.6) is 5.75 Å². The Labute approximate surface area is 112 Å². The van der Waals surface area contributed by atoms with E-state index in [-0.39, 0.29) is 17.6 Å². The lowest BCUT2D eigenvalue weighted by molar-refractivity contribution is -0.122. The van der Waals surface area contributed by atoms with Crippen molar-refractivity contribution in [2.75, 3.05) is 0 Å². The Hall–Kier alpha value is -1.84. The summed E-state index contributed by atoms with van der Waals surface area (Å²) >= 11 is 0. The van der Waals surface area contributed by atoms with E-state index in [0.717, 1.165) is 5.56 Å². The van der Waals surface area contributed by atoms with Gasteiger partial charge < -0.3 is 5.11 Å². The van der Waals surface area contributed by atoms with Gasteiger partial charge in [0.1, 0.15) is 5.75 Å². The van der Waals surface area contributed by atoms with Crippen LogP contribution in [-0.4, -0.2) is 17.2 Å². The summed E-state index contributed by atoms with van der Waals surface area (Å²) in [6.07, 6.45) is 6.47. The number of carbonyl (C=O) groups excluding carboxylic acids is 1. The van der Waals surface area contributed by atoms with Crippen LogP contribution in [0.2, 0.25) is 0 Å². The van der Waals surface area contributed by atoms with Gasteiger partial charge in [0.2, 0.25) is 5.91 Å². The number of benzene rings is 1. The van der Waals surface area contributed by atoms with E-state index >= 15 is 0 Å². The summed E-state index contributed by atoms with van der Waals surface area (Å²) in [4.78, 5) is 12.0. The number of rotatable bonds is 3. The van der Waals surface area contributed by atoms with Gasteiger partial charge in [-0.3, -0.25) is 4.79 Å². The molecule has 0 radical (unpaired) electrons. The molecule has 0 spiro atoms. The largest absolute Gasteiger partial charge is 0.508 e. The minimum absolute atomic E-state index is 0.0494. The van der Waals surface area contributed by atoms with Gasteiger partial charge in [-0.2, -0.15) is 5.10 Å². The molecule has 3 rings (SSSR count). The second kappa shape index (κ2) is 5.03. The van der Waals surface area contributed by atoms with E-state index in [2.05, 4.69) is 10.5 Å². The molecule has 2 aliphatic rings. The molecule has 0 unspecified atom stereocenters. The molecule has 0 aromatic heterocycles. The normalized spacial score (nSPS) is 28.9. The van der Waals surface area contributed by atoms with Crippen LogP contribution in [0.1, 0.15) is 31.2 Å². The van der Waals surface area contributed by atoms with Crippen molar-refractivity contribution in [1.82, 2.24) is 5.43 Å². The number of aromatic hydroxyl groups is 1. The molecule has 2 atom stereocenters. The summed E-state index contributed by atoms with van der Waals surface area (Å²) in [7, 11) is 0. The zero-order chi connectivity index (χ0) is 13.2. The first-order valence-corrected chi connectivity index (χ1v) is 6.87. The maximum atomic E-state index is 12.0. The molecule has 1 aromatic carbocycles. The van der Waals surface area contributed by atoms with Crippen LogP contribution in [0, 0.1) is 17.8 Å². The molecule has 4 nitrogen and oxygen atoms in total. The lowest BCUT2D eigenvalue weighted by atomic mass is 10.0. The van der Waals surface area contributed by atoms with Crippen molar-refractivity contribution in [1.29, 1.82) is 0 Å². The van der Waals surface area contributed by atoms with Gasteiger partial charge in [0, 0.05) is 5.92 Å². The summed E-state index contributed by atoms with van der Waals surface area (Å²) in [5.74, 6) is 1.63. The monoisotopic (exact) mass is 258 g/mol. The SMILES string of the molecule is O=C(N/N=C\c1cccc(O)c1)C1[C@H]2CCCC[C@H]12. The van der Waals surface area contributed by atoms with Crippen molar-refractivity contribution in [3.05, 3.63) is 29.8 Å². The highest BCUT2D eigenvalue weighted by atomic mass is 16.3. The zero-order valence-corrected chi connectivity index (χ0v) is 10.7. The van der Waals surface area contributed by atoms with E-state index in [1.165, 1.54) is 25.7 Å². The summed E-state index contributed by atoms with van der Waals surface area (Å²) in [6, 6.07) is 6.78. The molecule has 0 aliphatic heterocycles. The van der Waals surface area contributed by atoms with Crippen LogP contribution in [0.15, 0.2) is 29.4 Å². The van der Waals surface area contributed by atoms with E-state index in [1.54, 1.807) is 24.4 Å². The highest BCUT2D eigenvalue weighted by Gasteiger charge is 2.54. The summed E-state index contributed by atoms with van der Waals surface area (Å²) in [5, 5.41) is 13.3. The molecule has 2 aliphatic carbocycles. The topological polar surface area (TPSA) is 61.7 Å². The Balaban J connectivity index is 1.54. The third-order valence-corrected chi connectivity index (χ3v) is 4.22. The molecule has 0 bridgehead atoms. The van der Waals surface area contributed by atoms with Crippen molar-refractivity contribution in [3.8, 4) is 5.75 Å². The number of nitrogens with zero attached hydrogens (tertiary/aromatic N) is 1. The van der Waals surface area contributed by atoms with Crippen LogP contribution in [-0.2, 0) is 4.79 Å². The average Bonchev–Trinajstić information content (AvgIpc) is 3.13. The van der Waals surface area contributed by atoms with E-state index in [4.69, 9.17) is 0 Å². The summed E-state index contributed by atoms with van der Waals surface area (Å²) < 4.78 is 0. The fourth-order valence-corrected chi connectivity index (χ4v) is 3.23. The Morgan fingerprint density at radius 2 is 2.05 bits per heavy atom. The number of hydrogen-bond donors (Lipinski definition) is 2. The van der Waals surface area contributed by atoms with Crippen molar-refractivity contribution >= 4 is 12.1 Å². The van der Waals surface area contributed by atoms with Crippen LogP contribution in [0.3, 0.4) is 0 Å². The van der Waals surface area contributed by atoms with Crippen LogP contribution < -0.4 is 5.43 Å². The first-order valence-electron chi connectivity index (χ1n) is 6.87. The Morgan fingerprint density at radius 3 is 2.74 bits per heavy atom. The van der Waals surface area contributed by atoms with Gasteiger partial charge in [-0.1, -0.05) is 25.0 Å². The quantitative estimate of drug-likeness (QED) is 0.645. The van der Waals surface area contributed by atoms with Gasteiger partial charge in [-0.15, -0.1) is 0 Å². The number of hydrogen-bond acceptors (Lipinski definition) is 3. The molecular formula is C15H18N2O2. The number of nitrogens with one attached hydrogen (secondary N) is 1. The summed E-state index contributed by atoms with van der Waals surface area (Å²) in [5.41, 5.74) is 3.39. The average molecular weight is 258 g/mol. The highest BCUT2D eigenvalue weighted by Crippen LogP contribution is 2.55. The first kappa shape index (κ1) is 12.2. The van der Waals surface area contributed by atoms with E-state index in [0.29, 0.717) is 11.8 Å². The maximum absolute atomic E-state index is 12.0. The molecule has 1 amide bonds. The van der Waals surface area contributed by atoms with Gasteiger partial charge in [-0.25, -0.2) is 5.43 Å². The van der Waals surface area contributed by atoms with Gasteiger partial charge in [-0.05, 0) is 42.4 Å². The van der Waals surface area contributed by atoms with E-state index in [1.807, 2.05) is 6.07 Å². The number of phenols is 1. The minimum Gasteiger partial charge on any atom is -0.508 e. The highest BCUT2D eigenvalue weighted by molar-refractivity contribution is 5.85. The second-order valence-electron chi connectivity index (χ2n) is 5.47. The number of hydrazone groups is 1. The lowest BCUT2D eigenvalue weighted by Gasteiger charge is -2.04. The number of amides is 1. The number of carbonyl (C=O) groups is 1. The van der Waals surface area contributed by atoms with Crippen molar-refractivity contribution in [2.24, 2.45) is 22.9 Å². The molecule has 19 heavy (non-hydrogen) atoms. The van der Waals surface area contributed by atoms with Gasteiger partial charge in [0.15, 0.2) is 0 Å². The molecule has 2 saturated carbocycles. The molecule has 100 valence electrons. The van der Waals surface area contributed by atoms with Crippen LogP contribution >= 0.6 is 0 Å². The predicted octanol–water partition coefficient (Wildman–Crippen LogP) is 2.28.